The van der Waals surface area contributed by atoms with Crippen molar-refractivity contribution in [1.82, 2.24) is 19.7 Å². The Hall–Kier alpha value is -2.40. The zero-order chi connectivity index (χ0) is 17.1. The van der Waals surface area contributed by atoms with Crippen molar-refractivity contribution in [1.29, 1.82) is 0 Å². The highest BCUT2D eigenvalue weighted by atomic mass is 35.5. The van der Waals surface area contributed by atoms with E-state index in [-0.39, 0.29) is 0 Å². The van der Waals surface area contributed by atoms with Crippen LogP contribution < -0.4 is 5.32 Å². The second-order valence-electron chi connectivity index (χ2n) is 5.95. The molecule has 2 aromatic heterocycles. The normalized spacial score (nSPS) is 11.0. The summed E-state index contributed by atoms with van der Waals surface area (Å²) in [7, 11) is 0. The zero-order valence-corrected chi connectivity index (χ0v) is 14.7. The molecule has 2 heterocycles. The van der Waals surface area contributed by atoms with Crippen LogP contribution in [-0.2, 0) is 6.54 Å². The fourth-order valence-electron chi connectivity index (χ4n) is 2.57. The number of nitrogens with one attached hydrogen (secondary N) is 1. The van der Waals surface area contributed by atoms with Gasteiger partial charge in [0.2, 0.25) is 0 Å². The van der Waals surface area contributed by atoms with Crippen molar-refractivity contribution in [2.24, 2.45) is 0 Å². The van der Waals surface area contributed by atoms with Crippen molar-refractivity contribution < 1.29 is 0 Å². The predicted molar refractivity (Wildman–Crippen MR) is 96.8 cm³/mol. The molecule has 0 unspecified atom stereocenters. The fraction of sp³-hybridized carbons (Fsp3) is 0.278. The number of halogens is 1. The molecule has 0 atom stereocenters. The Morgan fingerprint density at radius 2 is 1.92 bits per heavy atom. The van der Waals surface area contributed by atoms with E-state index in [1.807, 2.05) is 41.9 Å². The van der Waals surface area contributed by atoms with Gasteiger partial charge in [0.1, 0.15) is 16.8 Å². The summed E-state index contributed by atoms with van der Waals surface area (Å²) < 4.78 is 1.92. The number of hydrogen-bond donors (Lipinski definition) is 1. The zero-order valence-electron chi connectivity index (χ0n) is 14.0. The van der Waals surface area contributed by atoms with Gasteiger partial charge in [-0.2, -0.15) is 5.10 Å². The summed E-state index contributed by atoms with van der Waals surface area (Å²) in [6.45, 7) is 6.75. The van der Waals surface area contributed by atoms with E-state index in [2.05, 4.69) is 35.3 Å². The Morgan fingerprint density at radius 1 is 1.17 bits per heavy atom. The summed E-state index contributed by atoms with van der Waals surface area (Å²) in [5.41, 5.74) is 3.26. The van der Waals surface area contributed by atoms with Crippen molar-refractivity contribution >= 4 is 17.4 Å². The highest BCUT2D eigenvalue weighted by molar-refractivity contribution is 6.29. The van der Waals surface area contributed by atoms with Gasteiger partial charge < -0.3 is 5.32 Å². The second kappa shape index (κ2) is 7.01. The molecule has 0 aliphatic heterocycles. The van der Waals surface area contributed by atoms with Crippen molar-refractivity contribution in [3.05, 3.63) is 64.8 Å². The lowest BCUT2D eigenvalue weighted by molar-refractivity contribution is 0.763. The van der Waals surface area contributed by atoms with Crippen molar-refractivity contribution in [3.8, 4) is 5.69 Å². The van der Waals surface area contributed by atoms with E-state index >= 15 is 0 Å². The minimum Gasteiger partial charge on any atom is -0.366 e. The summed E-state index contributed by atoms with van der Waals surface area (Å²) in [5, 5.41) is 8.50. The molecule has 0 aliphatic rings. The van der Waals surface area contributed by atoms with Gasteiger partial charge in [0, 0.05) is 24.4 Å². The molecule has 5 nitrogen and oxygen atoms in total. The van der Waals surface area contributed by atoms with Gasteiger partial charge in [0.05, 0.1) is 11.4 Å². The molecule has 124 valence electrons. The SMILES string of the molecule is Cc1nc(Cl)cc(NCc2cn(-c3ccccc3)nc2C(C)C)n1. The largest absolute Gasteiger partial charge is 0.366 e. The third-order valence-electron chi connectivity index (χ3n) is 3.66. The molecule has 24 heavy (non-hydrogen) atoms. The van der Waals surface area contributed by atoms with Crippen molar-refractivity contribution in [2.45, 2.75) is 33.2 Å². The molecule has 6 heteroatoms. The van der Waals surface area contributed by atoms with Gasteiger partial charge in [-0.1, -0.05) is 43.6 Å². The molecule has 1 N–H and O–H groups in total. The minimum absolute atomic E-state index is 0.336. The lowest BCUT2D eigenvalue weighted by Crippen LogP contribution is -2.05. The molecule has 3 aromatic rings. The molecule has 0 fully saturated rings. The average Bonchev–Trinajstić information content (AvgIpc) is 2.97. The molecule has 0 aliphatic carbocycles. The number of hydrogen-bond acceptors (Lipinski definition) is 4. The molecule has 0 saturated carbocycles. The number of nitrogens with zero attached hydrogens (tertiary/aromatic N) is 4. The Labute approximate surface area is 146 Å². The average molecular weight is 342 g/mol. The summed E-state index contributed by atoms with van der Waals surface area (Å²) >= 11 is 5.99. The van der Waals surface area contributed by atoms with Crippen LogP contribution in [0.3, 0.4) is 0 Å². The third-order valence-corrected chi connectivity index (χ3v) is 3.85. The van der Waals surface area contributed by atoms with Crippen LogP contribution in [-0.4, -0.2) is 19.7 Å². The van der Waals surface area contributed by atoms with Crippen LogP contribution in [0.25, 0.3) is 5.69 Å². The van der Waals surface area contributed by atoms with Crippen LogP contribution in [0.2, 0.25) is 5.15 Å². The van der Waals surface area contributed by atoms with Crippen LogP contribution in [0.15, 0.2) is 42.6 Å². The van der Waals surface area contributed by atoms with Crippen LogP contribution in [0.1, 0.15) is 36.8 Å². The van der Waals surface area contributed by atoms with Crippen LogP contribution in [0.5, 0.6) is 0 Å². The third kappa shape index (κ3) is 3.74. The number of rotatable bonds is 5. The molecule has 0 amide bonds. The van der Waals surface area contributed by atoms with Gasteiger partial charge in [-0.05, 0) is 25.0 Å². The van der Waals surface area contributed by atoms with E-state index in [1.165, 1.54) is 0 Å². The quantitative estimate of drug-likeness (QED) is 0.700. The second-order valence-corrected chi connectivity index (χ2v) is 6.34. The van der Waals surface area contributed by atoms with E-state index in [0.717, 1.165) is 22.8 Å². The van der Waals surface area contributed by atoms with Crippen molar-refractivity contribution in [2.75, 3.05) is 5.32 Å². The first-order valence-electron chi connectivity index (χ1n) is 7.92. The van der Waals surface area contributed by atoms with E-state index < -0.39 is 0 Å². The Bertz CT molecular complexity index is 806. The summed E-state index contributed by atoms with van der Waals surface area (Å²) in [6.07, 6.45) is 2.06. The van der Waals surface area contributed by atoms with E-state index in [9.17, 15) is 0 Å². The fourth-order valence-corrected chi connectivity index (χ4v) is 2.79. The Balaban J connectivity index is 1.85. The lowest BCUT2D eigenvalue weighted by atomic mass is 10.1. The molecule has 0 radical (unpaired) electrons. The molecule has 0 bridgehead atoms. The Morgan fingerprint density at radius 3 is 2.58 bits per heavy atom. The van der Waals surface area contributed by atoms with Crippen LogP contribution in [0.4, 0.5) is 5.82 Å². The van der Waals surface area contributed by atoms with Crippen LogP contribution in [0, 0.1) is 6.92 Å². The number of aryl methyl sites for hydroxylation is 1. The first-order valence-corrected chi connectivity index (χ1v) is 8.29. The standard InChI is InChI=1S/C18H20ClN5/c1-12(2)18-14(10-20-17-9-16(19)21-13(3)22-17)11-24(23-18)15-7-5-4-6-8-15/h4-9,11-12H,10H2,1-3H3,(H,20,21,22). The van der Waals surface area contributed by atoms with Gasteiger partial charge >= 0.3 is 0 Å². The monoisotopic (exact) mass is 341 g/mol. The Kier molecular flexibility index (Phi) is 4.81. The van der Waals surface area contributed by atoms with E-state index in [0.29, 0.717) is 23.4 Å². The van der Waals surface area contributed by atoms with Gasteiger partial charge in [-0.25, -0.2) is 14.6 Å². The molecule has 3 rings (SSSR count). The van der Waals surface area contributed by atoms with E-state index in [1.54, 1.807) is 6.07 Å². The number of anilines is 1. The topological polar surface area (TPSA) is 55.6 Å². The molecular formula is C18H20ClN5. The smallest absolute Gasteiger partial charge is 0.134 e. The highest BCUT2D eigenvalue weighted by Gasteiger charge is 2.13. The predicted octanol–water partition coefficient (Wildman–Crippen LogP) is 4.36. The first-order chi connectivity index (χ1) is 11.5. The number of benzene rings is 1. The summed E-state index contributed by atoms with van der Waals surface area (Å²) in [5.74, 6) is 1.70. The number of aromatic nitrogens is 4. The molecule has 1 aromatic carbocycles. The summed E-state index contributed by atoms with van der Waals surface area (Å²) in [6, 6.07) is 11.8. The maximum absolute atomic E-state index is 5.99. The van der Waals surface area contributed by atoms with Gasteiger partial charge in [0.15, 0.2) is 0 Å². The lowest BCUT2D eigenvalue weighted by Gasteiger charge is -2.08. The van der Waals surface area contributed by atoms with Crippen molar-refractivity contribution in [3.63, 3.8) is 0 Å². The molecule has 0 saturated heterocycles. The number of para-hydroxylation sites is 1. The van der Waals surface area contributed by atoms with Gasteiger partial charge in [-0.15, -0.1) is 0 Å². The maximum Gasteiger partial charge on any atom is 0.134 e. The first kappa shape index (κ1) is 16.5. The van der Waals surface area contributed by atoms with Gasteiger partial charge in [0.25, 0.3) is 0 Å². The van der Waals surface area contributed by atoms with E-state index in [4.69, 9.17) is 16.7 Å². The summed E-state index contributed by atoms with van der Waals surface area (Å²) in [4.78, 5) is 8.43. The van der Waals surface area contributed by atoms with Gasteiger partial charge in [-0.3, -0.25) is 0 Å². The minimum atomic E-state index is 0.336. The molecule has 0 spiro atoms. The molecular weight excluding hydrogens is 322 g/mol. The van der Waals surface area contributed by atoms with Crippen LogP contribution >= 0.6 is 11.6 Å². The highest BCUT2D eigenvalue weighted by Crippen LogP contribution is 2.21. The maximum atomic E-state index is 5.99.